The van der Waals surface area contributed by atoms with Gasteiger partial charge in [0.25, 0.3) is 10.0 Å². The maximum Gasteiger partial charge on any atom is 0.410 e. The second-order valence-electron chi connectivity index (χ2n) is 8.71. The normalized spacial score (nSPS) is 19.7. The standard InChI is InChI=1S/C22H25N3O5S/c1-21(2,3)30-20(26)24-13-11-22(27,15-24)18-14-16-8-7-12-23-19(16)25(18)31(28,29)17-9-5-4-6-10-17/h4-10,12,14,27H,11,13,15H2,1-3H3/t22-/m1/s1. The van der Waals surface area contributed by atoms with E-state index >= 15 is 0 Å². The molecule has 164 valence electrons. The summed E-state index contributed by atoms with van der Waals surface area (Å²) in [5, 5.41) is 12.1. The molecule has 0 bridgehead atoms. The van der Waals surface area contributed by atoms with Crippen LogP contribution in [-0.4, -0.2) is 52.2 Å². The molecule has 31 heavy (non-hydrogen) atoms. The Hall–Kier alpha value is -2.91. The maximum absolute atomic E-state index is 13.5. The van der Waals surface area contributed by atoms with Crippen LogP contribution in [-0.2, 0) is 20.4 Å². The first-order valence-electron chi connectivity index (χ1n) is 9.99. The quantitative estimate of drug-likeness (QED) is 0.667. The highest BCUT2D eigenvalue weighted by Crippen LogP contribution is 2.37. The minimum absolute atomic E-state index is 0.0808. The van der Waals surface area contributed by atoms with Gasteiger partial charge in [-0.2, -0.15) is 0 Å². The molecule has 1 aromatic carbocycles. The molecule has 1 aliphatic rings. The summed E-state index contributed by atoms with van der Waals surface area (Å²) >= 11 is 0. The minimum Gasteiger partial charge on any atom is -0.444 e. The molecule has 1 fully saturated rings. The van der Waals surface area contributed by atoms with Gasteiger partial charge in [-0.1, -0.05) is 18.2 Å². The summed E-state index contributed by atoms with van der Waals surface area (Å²) in [4.78, 5) is 18.3. The van der Waals surface area contributed by atoms with Crippen molar-refractivity contribution in [2.75, 3.05) is 13.1 Å². The molecule has 1 N–H and O–H groups in total. The number of aromatic nitrogens is 2. The summed E-state index contributed by atoms with van der Waals surface area (Å²) in [6, 6.07) is 13.1. The number of aliphatic hydroxyl groups is 1. The molecule has 8 nitrogen and oxygen atoms in total. The fourth-order valence-corrected chi connectivity index (χ4v) is 5.34. The minimum atomic E-state index is -4.04. The molecular weight excluding hydrogens is 418 g/mol. The molecule has 2 aromatic heterocycles. The summed E-state index contributed by atoms with van der Waals surface area (Å²) in [7, 11) is -4.04. The molecule has 0 radical (unpaired) electrons. The topological polar surface area (TPSA) is 102 Å². The number of β-amino-alcohol motifs (C(OH)–C–C–N with tert-alkyl or cyclic N) is 1. The lowest BCUT2D eigenvalue weighted by Gasteiger charge is -2.27. The molecular formula is C22H25N3O5S. The SMILES string of the molecule is CC(C)(C)OC(=O)N1CC[C@](O)(c2cc3cccnc3n2S(=O)(=O)c2ccccc2)C1. The second kappa shape index (κ2) is 7.35. The molecule has 0 saturated carbocycles. The van der Waals surface area contributed by atoms with Crippen molar-refractivity contribution in [3.05, 3.63) is 60.4 Å². The smallest absolute Gasteiger partial charge is 0.410 e. The number of rotatable bonds is 3. The molecule has 9 heteroatoms. The van der Waals surface area contributed by atoms with Gasteiger partial charge in [0.15, 0.2) is 5.65 Å². The van der Waals surface area contributed by atoms with Gasteiger partial charge in [0.2, 0.25) is 0 Å². The van der Waals surface area contributed by atoms with Crippen LogP contribution in [0.15, 0.2) is 59.6 Å². The Morgan fingerprint density at radius 2 is 1.87 bits per heavy atom. The first-order valence-corrected chi connectivity index (χ1v) is 11.4. The molecule has 1 amide bonds. The van der Waals surface area contributed by atoms with Gasteiger partial charge in [0.05, 0.1) is 17.1 Å². The van der Waals surface area contributed by atoms with E-state index in [9.17, 15) is 18.3 Å². The Kier molecular flexibility index (Phi) is 5.06. The summed E-state index contributed by atoms with van der Waals surface area (Å²) in [5.74, 6) is 0. The molecule has 0 spiro atoms. The molecule has 0 aliphatic carbocycles. The van der Waals surface area contributed by atoms with Crippen molar-refractivity contribution in [2.45, 2.75) is 43.3 Å². The first-order chi connectivity index (χ1) is 14.5. The molecule has 1 atom stereocenters. The molecule has 0 unspecified atom stereocenters. The van der Waals surface area contributed by atoms with Crippen LogP contribution in [0.1, 0.15) is 32.9 Å². The van der Waals surface area contributed by atoms with Crippen molar-refractivity contribution in [3.8, 4) is 0 Å². The number of hydrogen-bond donors (Lipinski definition) is 1. The van der Waals surface area contributed by atoms with Crippen LogP contribution >= 0.6 is 0 Å². The maximum atomic E-state index is 13.5. The zero-order valence-corrected chi connectivity index (χ0v) is 18.5. The predicted molar refractivity (Wildman–Crippen MR) is 115 cm³/mol. The zero-order chi connectivity index (χ0) is 22.4. The number of carbonyl (C=O) groups excluding carboxylic acids is 1. The van der Waals surface area contributed by atoms with Crippen LogP contribution in [0.2, 0.25) is 0 Å². The van der Waals surface area contributed by atoms with Crippen LogP contribution in [0, 0.1) is 0 Å². The van der Waals surface area contributed by atoms with Crippen molar-refractivity contribution in [1.29, 1.82) is 0 Å². The molecule has 1 aliphatic heterocycles. The predicted octanol–water partition coefficient (Wildman–Crippen LogP) is 3.10. The van der Waals surface area contributed by atoms with E-state index in [0.29, 0.717) is 5.39 Å². The second-order valence-corrected chi connectivity index (χ2v) is 10.5. The summed E-state index contributed by atoms with van der Waals surface area (Å²) in [6.07, 6.45) is 1.14. The van der Waals surface area contributed by atoms with E-state index in [2.05, 4.69) is 4.98 Å². The zero-order valence-electron chi connectivity index (χ0n) is 17.6. The first kappa shape index (κ1) is 21.3. The van der Waals surface area contributed by atoms with Crippen molar-refractivity contribution in [2.24, 2.45) is 0 Å². The third kappa shape index (κ3) is 3.90. The number of fused-ring (bicyclic) bond motifs is 1. The summed E-state index contributed by atoms with van der Waals surface area (Å²) < 4.78 is 33.6. The molecule has 4 rings (SSSR count). The fraction of sp³-hybridized carbons (Fsp3) is 0.364. The average Bonchev–Trinajstić information content (AvgIpc) is 3.30. The van der Waals surface area contributed by atoms with Gasteiger partial charge >= 0.3 is 6.09 Å². The average molecular weight is 444 g/mol. The van der Waals surface area contributed by atoms with E-state index in [-0.39, 0.29) is 35.7 Å². The number of pyridine rings is 1. The van der Waals surface area contributed by atoms with Gasteiger partial charge in [-0.3, -0.25) is 0 Å². The summed E-state index contributed by atoms with van der Waals surface area (Å²) in [5.41, 5.74) is -1.84. The van der Waals surface area contributed by atoms with Crippen LogP contribution in [0.3, 0.4) is 0 Å². The van der Waals surface area contributed by atoms with Crippen LogP contribution in [0.5, 0.6) is 0 Å². The lowest BCUT2D eigenvalue weighted by Crippen LogP contribution is -2.39. The Balaban J connectivity index is 1.81. The van der Waals surface area contributed by atoms with E-state index in [1.54, 1.807) is 57.2 Å². The van der Waals surface area contributed by atoms with Crippen molar-refractivity contribution >= 4 is 27.1 Å². The lowest BCUT2D eigenvalue weighted by atomic mass is 9.99. The number of ether oxygens (including phenoxy) is 1. The van der Waals surface area contributed by atoms with E-state index in [1.807, 2.05) is 0 Å². The van der Waals surface area contributed by atoms with Crippen LogP contribution in [0.25, 0.3) is 11.0 Å². The summed E-state index contributed by atoms with van der Waals surface area (Å²) in [6.45, 7) is 5.46. The van der Waals surface area contributed by atoms with E-state index in [1.165, 1.54) is 23.2 Å². The third-order valence-corrected chi connectivity index (χ3v) is 6.90. The molecule has 3 aromatic rings. The van der Waals surface area contributed by atoms with Gasteiger partial charge < -0.3 is 14.7 Å². The largest absolute Gasteiger partial charge is 0.444 e. The van der Waals surface area contributed by atoms with E-state index in [0.717, 1.165) is 3.97 Å². The van der Waals surface area contributed by atoms with Crippen molar-refractivity contribution in [1.82, 2.24) is 13.9 Å². The Labute approximate surface area is 181 Å². The van der Waals surface area contributed by atoms with Gasteiger partial charge in [-0.15, -0.1) is 0 Å². The Bertz CT molecular complexity index is 1230. The Morgan fingerprint density at radius 1 is 1.16 bits per heavy atom. The highest BCUT2D eigenvalue weighted by Gasteiger charge is 2.45. The number of nitrogens with zero attached hydrogens (tertiary/aromatic N) is 3. The van der Waals surface area contributed by atoms with Crippen LogP contribution in [0.4, 0.5) is 4.79 Å². The fourth-order valence-electron chi connectivity index (χ4n) is 3.76. The lowest BCUT2D eigenvalue weighted by molar-refractivity contribution is 0.0125. The van der Waals surface area contributed by atoms with Crippen LogP contribution < -0.4 is 0 Å². The highest BCUT2D eigenvalue weighted by atomic mass is 32.2. The Morgan fingerprint density at radius 3 is 2.55 bits per heavy atom. The van der Waals surface area contributed by atoms with E-state index < -0.39 is 27.3 Å². The van der Waals surface area contributed by atoms with Gasteiger partial charge in [-0.05, 0) is 51.1 Å². The van der Waals surface area contributed by atoms with Crippen molar-refractivity contribution < 1.29 is 23.1 Å². The third-order valence-electron chi connectivity index (χ3n) is 5.18. The van der Waals surface area contributed by atoms with E-state index in [4.69, 9.17) is 4.74 Å². The number of amides is 1. The highest BCUT2D eigenvalue weighted by molar-refractivity contribution is 7.90. The number of hydrogen-bond acceptors (Lipinski definition) is 6. The van der Waals surface area contributed by atoms with Gasteiger partial charge in [0.1, 0.15) is 11.2 Å². The molecule has 3 heterocycles. The van der Waals surface area contributed by atoms with Gasteiger partial charge in [0, 0.05) is 24.5 Å². The number of benzene rings is 1. The number of carbonyl (C=O) groups is 1. The van der Waals surface area contributed by atoms with Gasteiger partial charge in [-0.25, -0.2) is 22.2 Å². The number of likely N-dealkylation sites (tertiary alicyclic amines) is 1. The van der Waals surface area contributed by atoms with Crippen molar-refractivity contribution in [3.63, 3.8) is 0 Å². The monoisotopic (exact) mass is 443 g/mol. The molecule has 1 saturated heterocycles.